The average molecular weight is 237 g/mol. The van der Waals surface area contributed by atoms with E-state index in [0.29, 0.717) is 5.92 Å². The van der Waals surface area contributed by atoms with Gasteiger partial charge in [-0.1, -0.05) is 19.1 Å². The molecule has 1 aromatic carbocycles. The molecule has 0 aliphatic carbocycles. The highest BCUT2D eigenvalue weighted by atomic mass is 16.5. The highest BCUT2D eigenvalue weighted by Gasteiger charge is 2.07. The number of aliphatic hydroxyl groups is 1. The van der Waals surface area contributed by atoms with Crippen LogP contribution in [0, 0.1) is 5.92 Å². The lowest BCUT2D eigenvalue weighted by Gasteiger charge is -2.18. The summed E-state index contributed by atoms with van der Waals surface area (Å²) in [6, 6.07) is 7.91. The van der Waals surface area contributed by atoms with Crippen LogP contribution in [-0.2, 0) is 0 Å². The molecule has 2 N–H and O–H groups in total. The van der Waals surface area contributed by atoms with Gasteiger partial charge in [-0.25, -0.2) is 0 Å². The number of para-hydroxylation sites is 2. The third-order valence-corrected chi connectivity index (χ3v) is 2.67. The van der Waals surface area contributed by atoms with Crippen molar-refractivity contribution >= 4 is 5.69 Å². The Balaban J connectivity index is 2.63. The minimum absolute atomic E-state index is 0.165. The molecular weight excluding hydrogens is 214 g/mol. The van der Waals surface area contributed by atoms with E-state index in [1.165, 1.54) is 0 Å². The molecule has 0 radical (unpaired) electrons. The molecule has 1 aromatic rings. The minimum atomic E-state index is 0.165. The van der Waals surface area contributed by atoms with Crippen molar-refractivity contribution in [3.63, 3.8) is 0 Å². The Morgan fingerprint density at radius 3 is 2.59 bits per heavy atom. The SMILES string of the molecule is CCC(CO)CNc1ccccc1OC(C)C. The topological polar surface area (TPSA) is 41.5 Å². The fraction of sp³-hybridized carbons (Fsp3) is 0.571. The number of rotatable bonds is 7. The number of aliphatic hydroxyl groups excluding tert-OH is 1. The second-order valence-electron chi connectivity index (χ2n) is 4.50. The standard InChI is InChI=1S/C14H23NO2/c1-4-12(10-16)9-15-13-7-5-6-8-14(13)17-11(2)3/h5-8,11-12,15-16H,4,9-10H2,1-3H3. The summed E-state index contributed by atoms with van der Waals surface area (Å²) in [4.78, 5) is 0. The van der Waals surface area contributed by atoms with Crippen LogP contribution in [0.4, 0.5) is 5.69 Å². The number of anilines is 1. The Morgan fingerprint density at radius 1 is 1.29 bits per heavy atom. The van der Waals surface area contributed by atoms with Gasteiger partial charge in [0.2, 0.25) is 0 Å². The van der Waals surface area contributed by atoms with Crippen LogP contribution >= 0.6 is 0 Å². The van der Waals surface area contributed by atoms with Gasteiger partial charge in [-0.15, -0.1) is 0 Å². The van der Waals surface area contributed by atoms with Crippen molar-refractivity contribution in [1.82, 2.24) is 0 Å². The molecule has 3 heteroatoms. The van der Waals surface area contributed by atoms with Gasteiger partial charge in [-0.2, -0.15) is 0 Å². The molecule has 1 unspecified atom stereocenters. The Morgan fingerprint density at radius 2 is 2.00 bits per heavy atom. The molecule has 0 fully saturated rings. The lowest BCUT2D eigenvalue weighted by molar-refractivity contribution is 0.228. The van der Waals surface area contributed by atoms with E-state index in [2.05, 4.69) is 12.2 Å². The first-order chi connectivity index (χ1) is 8.17. The van der Waals surface area contributed by atoms with E-state index in [1.807, 2.05) is 38.1 Å². The molecule has 3 nitrogen and oxygen atoms in total. The number of ether oxygens (including phenoxy) is 1. The molecule has 96 valence electrons. The predicted molar refractivity (Wildman–Crippen MR) is 71.6 cm³/mol. The zero-order chi connectivity index (χ0) is 12.7. The van der Waals surface area contributed by atoms with Crippen LogP contribution in [0.5, 0.6) is 5.75 Å². The Labute approximate surface area is 104 Å². The molecule has 0 aliphatic rings. The molecule has 0 heterocycles. The molecule has 17 heavy (non-hydrogen) atoms. The smallest absolute Gasteiger partial charge is 0.142 e. The number of hydrogen-bond donors (Lipinski definition) is 2. The zero-order valence-electron chi connectivity index (χ0n) is 10.9. The Bertz CT molecular complexity index is 322. The monoisotopic (exact) mass is 237 g/mol. The van der Waals surface area contributed by atoms with Gasteiger partial charge in [0.05, 0.1) is 11.8 Å². The molecule has 0 aliphatic heterocycles. The Hall–Kier alpha value is -1.22. The third kappa shape index (κ3) is 4.65. The van der Waals surface area contributed by atoms with Gasteiger partial charge < -0.3 is 15.2 Å². The first-order valence-corrected chi connectivity index (χ1v) is 6.27. The zero-order valence-corrected chi connectivity index (χ0v) is 10.9. The first-order valence-electron chi connectivity index (χ1n) is 6.27. The predicted octanol–water partition coefficient (Wildman–Crippen LogP) is 2.90. The van der Waals surface area contributed by atoms with Crippen LogP contribution in [0.15, 0.2) is 24.3 Å². The molecular formula is C14H23NO2. The van der Waals surface area contributed by atoms with E-state index in [1.54, 1.807) is 0 Å². The van der Waals surface area contributed by atoms with Crippen molar-refractivity contribution in [3.8, 4) is 5.75 Å². The molecule has 0 aromatic heterocycles. The van der Waals surface area contributed by atoms with Gasteiger partial charge in [0.1, 0.15) is 5.75 Å². The number of benzene rings is 1. The second-order valence-corrected chi connectivity index (χ2v) is 4.50. The summed E-state index contributed by atoms with van der Waals surface area (Å²) in [5, 5.41) is 12.5. The van der Waals surface area contributed by atoms with Crippen LogP contribution in [0.2, 0.25) is 0 Å². The van der Waals surface area contributed by atoms with E-state index in [-0.39, 0.29) is 12.7 Å². The van der Waals surface area contributed by atoms with Gasteiger partial charge in [0, 0.05) is 13.2 Å². The van der Waals surface area contributed by atoms with Gasteiger partial charge in [-0.3, -0.25) is 0 Å². The summed E-state index contributed by atoms with van der Waals surface area (Å²) in [6.45, 7) is 7.10. The van der Waals surface area contributed by atoms with Crippen molar-refractivity contribution in [2.24, 2.45) is 5.92 Å². The van der Waals surface area contributed by atoms with Crippen LogP contribution < -0.4 is 10.1 Å². The average Bonchev–Trinajstić information content (AvgIpc) is 2.31. The summed E-state index contributed by atoms with van der Waals surface area (Å²) in [6.07, 6.45) is 1.13. The second kappa shape index (κ2) is 7.17. The maximum absolute atomic E-state index is 9.15. The fourth-order valence-electron chi connectivity index (χ4n) is 1.56. The van der Waals surface area contributed by atoms with Gasteiger partial charge in [0.15, 0.2) is 0 Å². The van der Waals surface area contributed by atoms with E-state index in [4.69, 9.17) is 9.84 Å². The molecule has 1 atom stereocenters. The lowest BCUT2D eigenvalue weighted by Crippen LogP contribution is -2.18. The van der Waals surface area contributed by atoms with E-state index >= 15 is 0 Å². The summed E-state index contributed by atoms with van der Waals surface area (Å²) < 4.78 is 5.72. The van der Waals surface area contributed by atoms with E-state index in [9.17, 15) is 0 Å². The number of hydrogen-bond acceptors (Lipinski definition) is 3. The summed E-state index contributed by atoms with van der Waals surface area (Å²) in [5.41, 5.74) is 0.994. The highest BCUT2D eigenvalue weighted by molar-refractivity contribution is 5.56. The Kier molecular flexibility index (Phi) is 5.84. The summed E-state index contributed by atoms with van der Waals surface area (Å²) in [5.74, 6) is 1.16. The van der Waals surface area contributed by atoms with Crippen LogP contribution in [0.1, 0.15) is 27.2 Å². The third-order valence-electron chi connectivity index (χ3n) is 2.67. The van der Waals surface area contributed by atoms with Crippen LogP contribution in [-0.4, -0.2) is 24.4 Å². The molecule has 0 bridgehead atoms. The lowest BCUT2D eigenvalue weighted by atomic mass is 10.1. The largest absolute Gasteiger partial charge is 0.489 e. The summed E-state index contributed by atoms with van der Waals surface area (Å²) >= 11 is 0. The van der Waals surface area contributed by atoms with E-state index in [0.717, 1.165) is 24.4 Å². The maximum atomic E-state index is 9.15. The van der Waals surface area contributed by atoms with E-state index < -0.39 is 0 Å². The molecule has 1 rings (SSSR count). The highest BCUT2D eigenvalue weighted by Crippen LogP contribution is 2.25. The molecule has 0 spiro atoms. The van der Waals surface area contributed by atoms with Gasteiger partial charge in [0.25, 0.3) is 0 Å². The van der Waals surface area contributed by atoms with Gasteiger partial charge >= 0.3 is 0 Å². The van der Waals surface area contributed by atoms with Crippen molar-refractivity contribution < 1.29 is 9.84 Å². The molecule has 0 amide bonds. The van der Waals surface area contributed by atoms with Crippen molar-refractivity contribution in [2.45, 2.75) is 33.3 Å². The molecule has 0 saturated carbocycles. The first kappa shape index (κ1) is 13.8. The van der Waals surface area contributed by atoms with Crippen molar-refractivity contribution in [3.05, 3.63) is 24.3 Å². The van der Waals surface area contributed by atoms with Crippen molar-refractivity contribution in [2.75, 3.05) is 18.5 Å². The van der Waals surface area contributed by atoms with Crippen molar-refractivity contribution in [1.29, 1.82) is 0 Å². The fourth-order valence-corrected chi connectivity index (χ4v) is 1.56. The van der Waals surface area contributed by atoms with Crippen LogP contribution in [0.3, 0.4) is 0 Å². The minimum Gasteiger partial charge on any atom is -0.489 e. The number of nitrogens with one attached hydrogen (secondary N) is 1. The summed E-state index contributed by atoms with van der Waals surface area (Å²) in [7, 11) is 0. The van der Waals surface area contributed by atoms with Gasteiger partial charge in [-0.05, 0) is 38.3 Å². The molecule has 0 saturated heterocycles. The van der Waals surface area contributed by atoms with Crippen LogP contribution in [0.25, 0.3) is 0 Å². The normalized spacial score (nSPS) is 12.5. The maximum Gasteiger partial charge on any atom is 0.142 e. The quantitative estimate of drug-likeness (QED) is 0.766.